The van der Waals surface area contributed by atoms with Crippen LogP contribution in [-0.4, -0.2) is 31.8 Å². The van der Waals surface area contributed by atoms with Crippen molar-refractivity contribution in [1.82, 2.24) is 4.90 Å². The zero-order valence-corrected chi connectivity index (χ0v) is 10.5. The highest BCUT2D eigenvalue weighted by Gasteiger charge is 1.80. The Morgan fingerprint density at radius 3 is 1.67 bits per heavy atom. The van der Waals surface area contributed by atoms with Crippen molar-refractivity contribution in [3.63, 3.8) is 0 Å². The lowest BCUT2D eigenvalue weighted by molar-refractivity contribution is 0.505. The second kappa shape index (κ2) is 17.6. The van der Waals surface area contributed by atoms with Crippen LogP contribution in [0.1, 0.15) is 32.6 Å². The molecule has 1 nitrogen and oxygen atoms in total. The van der Waals surface area contributed by atoms with Gasteiger partial charge in [0.1, 0.15) is 0 Å². The van der Waals surface area contributed by atoms with Crippen molar-refractivity contribution < 1.29 is 0 Å². The molecule has 0 bridgehead atoms. The molecule has 0 rings (SSSR count). The summed E-state index contributed by atoms with van der Waals surface area (Å²) in [6.07, 6.45) is 5.35. The van der Waals surface area contributed by atoms with E-state index in [0.29, 0.717) is 0 Å². The van der Waals surface area contributed by atoms with Crippen LogP contribution in [0.5, 0.6) is 0 Å². The third-order valence-electron chi connectivity index (χ3n) is 1.01. The molecule has 0 unspecified atom stereocenters. The zero-order chi connectivity index (χ0) is 9.11. The van der Waals surface area contributed by atoms with Crippen molar-refractivity contribution in [2.24, 2.45) is 0 Å². The molecule has 0 atom stereocenters. The molecule has 0 saturated carbocycles. The number of hydrogen-bond acceptors (Lipinski definition) is 2. The quantitative estimate of drug-likeness (QED) is 0.555. The molecular weight excluding hydrogens is 190 g/mol. The Balaban J connectivity index is -0.000000142. The fraction of sp³-hybridized carbons (Fsp3) is 1.00. The van der Waals surface area contributed by atoms with Crippen molar-refractivity contribution in [3.8, 4) is 0 Å². The average molecular weight is 214 g/mol. The van der Waals surface area contributed by atoms with E-state index in [0.717, 1.165) is 5.75 Å². The lowest BCUT2D eigenvalue weighted by Crippen LogP contribution is -1.99. The molecule has 0 saturated heterocycles. The van der Waals surface area contributed by atoms with Crippen LogP contribution in [0.3, 0.4) is 0 Å². The van der Waals surface area contributed by atoms with Gasteiger partial charge in [-0.05, 0) is 33.3 Å². The SMILES string of the molecule is CCCCCCS.CN(C)C.Cl. The van der Waals surface area contributed by atoms with Gasteiger partial charge in [0, 0.05) is 0 Å². The monoisotopic (exact) mass is 213 g/mol. The third kappa shape index (κ3) is 46.2. The standard InChI is InChI=1S/C6H14S.C3H9N.ClH/c1-2-3-4-5-6-7;1-4(2)3;/h7H,2-6H2,1H3;1-3H3;1H. The number of rotatable bonds is 4. The van der Waals surface area contributed by atoms with Crippen LogP contribution in [0, 0.1) is 0 Å². The van der Waals surface area contributed by atoms with E-state index >= 15 is 0 Å². The molecule has 0 aromatic heterocycles. The van der Waals surface area contributed by atoms with Crippen molar-refractivity contribution in [2.45, 2.75) is 32.6 Å². The van der Waals surface area contributed by atoms with Gasteiger partial charge in [-0.2, -0.15) is 12.6 Å². The van der Waals surface area contributed by atoms with Gasteiger partial charge in [0.2, 0.25) is 0 Å². The van der Waals surface area contributed by atoms with Crippen LogP contribution in [0.2, 0.25) is 0 Å². The van der Waals surface area contributed by atoms with E-state index in [1.807, 2.05) is 26.0 Å². The second-order valence-electron chi connectivity index (χ2n) is 3.13. The fourth-order valence-corrected chi connectivity index (χ4v) is 0.762. The molecular formula is C9H24ClNS. The third-order valence-corrected chi connectivity index (χ3v) is 1.33. The maximum Gasteiger partial charge on any atom is -0.00979 e. The Bertz CT molecular complexity index is 53.7. The molecule has 0 fully saturated rings. The summed E-state index contributed by atoms with van der Waals surface area (Å²) in [6, 6.07) is 0. The lowest BCUT2D eigenvalue weighted by Gasteiger charge is -1.90. The average Bonchev–Trinajstić information content (AvgIpc) is 1.88. The van der Waals surface area contributed by atoms with E-state index in [1.165, 1.54) is 25.7 Å². The van der Waals surface area contributed by atoms with Crippen LogP contribution >= 0.6 is 25.0 Å². The first-order chi connectivity index (χ1) is 5.15. The van der Waals surface area contributed by atoms with E-state index < -0.39 is 0 Å². The summed E-state index contributed by atoms with van der Waals surface area (Å²) in [4.78, 5) is 2.00. The molecule has 78 valence electrons. The smallest absolute Gasteiger partial charge is 0.00979 e. The van der Waals surface area contributed by atoms with Crippen molar-refractivity contribution in [1.29, 1.82) is 0 Å². The number of nitrogens with zero attached hydrogens (tertiary/aromatic N) is 1. The van der Waals surface area contributed by atoms with Gasteiger partial charge >= 0.3 is 0 Å². The minimum atomic E-state index is 0. The minimum absolute atomic E-state index is 0. The van der Waals surface area contributed by atoms with Gasteiger partial charge in [-0.3, -0.25) is 0 Å². The van der Waals surface area contributed by atoms with Crippen LogP contribution in [0.4, 0.5) is 0 Å². The van der Waals surface area contributed by atoms with Crippen LogP contribution in [0.25, 0.3) is 0 Å². The van der Waals surface area contributed by atoms with E-state index in [2.05, 4.69) is 19.6 Å². The lowest BCUT2D eigenvalue weighted by atomic mass is 10.2. The molecule has 0 aromatic rings. The normalized spacial score (nSPS) is 8.50. The highest BCUT2D eigenvalue weighted by Crippen LogP contribution is 1.98. The second-order valence-corrected chi connectivity index (χ2v) is 3.57. The highest BCUT2D eigenvalue weighted by atomic mass is 35.5. The van der Waals surface area contributed by atoms with E-state index in [4.69, 9.17) is 0 Å². The molecule has 3 heteroatoms. The summed E-state index contributed by atoms with van der Waals surface area (Å²) in [5.74, 6) is 1.06. The Morgan fingerprint density at radius 1 is 1.00 bits per heavy atom. The minimum Gasteiger partial charge on any atom is -0.312 e. The predicted octanol–water partition coefficient (Wildman–Crippen LogP) is 3.10. The molecule has 0 aliphatic heterocycles. The van der Waals surface area contributed by atoms with Crippen molar-refractivity contribution in [2.75, 3.05) is 26.9 Å². The van der Waals surface area contributed by atoms with Gasteiger partial charge in [0.15, 0.2) is 0 Å². The zero-order valence-electron chi connectivity index (χ0n) is 8.84. The predicted molar refractivity (Wildman–Crippen MR) is 64.9 cm³/mol. The maximum absolute atomic E-state index is 4.09. The summed E-state index contributed by atoms with van der Waals surface area (Å²) in [5.41, 5.74) is 0. The summed E-state index contributed by atoms with van der Waals surface area (Å²) in [7, 11) is 6.00. The summed E-state index contributed by atoms with van der Waals surface area (Å²) < 4.78 is 0. The molecule has 0 aliphatic rings. The number of hydrogen-bond donors (Lipinski definition) is 1. The van der Waals surface area contributed by atoms with Crippen LogP contribution < -0.4 is 0 Å². The van der Waals surface area contributed by atoms with Crippen LogP contribution in [-0.2, 0) is 0 Å². The van der Waals surface area contributed by atoms with Gasteiger partial charge < -0.3 is 4.90 Å². The Hall–Kier alpha value is 0.600. The molecule has 0 radical (unpaired) electrons. The summed E-state index contributed by atoms with van der Waals surface area (Å²) in [5, 5.41) is 0. The first kappa shape index (κ1) is 18.4. The van der Waals surface area contributed by atoms with E-state index in [1.54, 1.807) is 0 Å². The number of unbranched alkanes of at least 4 members (excludes halogenated alkanes) is 3. The summed E-state index contributed by atoms with van der Waals surface area (Å²) >= 11 is 4.09. The van der Waals surface area contributed by atoms with E-state index in [9.17, 15) is 0 Å². The fourth-order valence-electron chi connectivity index (χ4n) is 0.539. The topological polar surface area (TPSA) is 3.24 Å². The molecule has 0 spiro atoms. The Morgan fingerprint density at radius 2 is 1.42 bits per heavy atom. The molecule has 12 heavy (non-hydrogen) atoms. The molecule has 0 amide bonds. The first-order valence-corrected chi connectivity index (χ1v) is 5.00. The van der Waals surface area contributed by atoms with Gasteiger partial charge in [0.25, 0.3) is 0 Å². The van der Waals surface area contributed by atoms with Crippen LogP contribution in [0.15, 0.2) is 0 Å². The van der Waals surface area contributed by atoms with E-state index in [-0.39, 0.29) is 12.4 Å². The molecule has 0 heterocycles. The Kier molecular flexibility index (Phi) is 27.0. The molecule has 0 aliphatic carbocycles. The van der Waals surface area contributed by atoms with Crippen molar-refractivity contribution >= 4 is 25.0 Å². The molecule has 0 aromatic carbocycles. The first-order valence-electron chi connectivity index (χ1n) is 4.36. The van der Waals surface area contributed by atoms with Gasteiger partial charge in [-0.15, -0.1) is 12.4 Å². The maximum atomic E-state index is 4.09. The molecule has 0 N–H and O–H groups in total. The van der Waals surface area contributed by atoms with Gasteiger partial charge in [0.05, 0.1) is 0 Å². The Labute approximate surface area is 89.7 Å². The largest absolute Gasteiger partial charge is 0.312 e. The van der Waals surface area contributed by atoms with Gasteiger partial charge in [-0.1, -0.05) is 26.2 Å². The number of thiol groups is 1. The highest BCUT2D eigenvalue weighted by molar-refractivity contribution is 7.80. The summed E-state index contributed by atoms with van der Waals surface area (Å²) in [6.45, 7) is 2.22. The number of halogens is 1. The van der Waals surface area contributed by atoms with Gasteiger partial charge in [-0.25, -0.2) is 0 Å². The van der Waals surface area contributed by atoms with Crippen molar-refractivity contribution in [3.05, 3.63) is 0 Å².